The van der Waals surface area contributed by atoms with Crippen LogP contribution in [0.5, 0.6) is 5.75 Å². The van der Waals surface area contributed by atoms with E-state index < -0.39 is 15.8 Å². The zero-order valence-electron chi connectivity index (χ0n) is 17.7. The highest BCUT2D eigenvalue weighted by Gasteiger charge is 2.36. The van der Waals surface area contributed by atoms with Crippen LogP contribution in [0.3, 0.4) is 0 Å². The minimum atomic E-state index is -3.85. The van der Waals surface area contributed by atoms with Crippen LogP contribution in [-0.4, -0.2) is 27.0 Å². The molecule has 6 nitrogen and oxygen atoms in total. The Balaban J connectivity index is 1.57. The molecule has 1 heterocycles. The van der Waals surface area contributed by atoms with Gasteiger partial charge >= 0.3 is 0 Å². The third kappa shape index (κ3) is 4.18. The highest BCUT2D eigenvalue weighted by Crippen LogP contribution is 2.37. The van der Waals surface area contributed by atoms with Gasteiger partial charge < -0.3 is 10.1 Å². The molecule has 1 atom stereocenters. The first-order valence-corrected chi connectivity index (χ1v) is 11.7. The Morgan fingerprint density at radius 1 is 1.09 bits per heavy atom. The molecule has 1 N–H and O–H groups in total. The Labute approximate surface area is 186 Å². The lowest BCUT2D eigenvalue weighted by molar-refractivity contribution is 0.102. The van der Waals surface area contributed by atoms with Crippen LogP contribution in [0.4, 0.5) is 15.8 Å². The Bertz CT molecular complexity index is 1240. The fraction of sp³-hybridized carbons (Fsp3) is 0.208. The molecule has 1 aliphatic rings. The predicted molar refractivity (Wildman–Crippen MR) is 121 cm³/mol. The van der Waals surface area contributed by atoms with Crippen LogP contribution in [0, 0.1) is 5.82 Å². The van der Waals surface area contributed by atoms with E-state index in [1.165, 1.54) is 16.4 Å². The van der Waals surface area contributed by atoms with E-state index in [-0.39, 0.29) is 16.8 Å². The van der Waals surface area contributed by atoms with Crippen molar-refractivity contribution in [3.05, 3.63) is 83.7 Å². The number of anilines is 2. The largest absolute Gasteiger partial charge is 0.494 e. The minimum absolute atomic E-state index is 0.0240. The van der Waals surface area contributed by atoms with Gasteiger partial charge in [0.2, 0.25) is 0 Å². The van der Waals surface area contributed by atoms with Crippen LogP contribution in [0.15, 0.2) is 71.6 Å². The van der Waals surface area contributed by atoms with Crippen molar-refractivity contribution < 1.29 is 22.3 Å². The van der Waals surface area contributed by atoms with Gasteiger partial charge in [0.15, 0.2) is 0 Å². The summed E-state index contributed by atoms with van der Waals surface area (Å²) in [6.45, 7) is 4.27. The first kappa shape index (κ1) is 21.8. The normalized spacial score (nSPS) is 15.3. The van der Waals surface area contributed by atoms with Gasteiger partial charge in [0, 0.05) is 17.3 Å². The van der Waals surface area contributed by atoms with E-state index in [4.69, 9.17) is 4.74 Å². The summed E-state index contributed by atoms with van der Waals surface area (Å²) < 4.78 is 46.3. The topological polar surface area (TPSA) is 75.7 Å². The van der Waals surface area contributed by atoms with Crippen molar-refractivity contribution in [2.75, 3.05) is 16.2 Å². The molecule has 0 spiro atoms. The number of carbonyl (C=O) groups is 1. The smallest absolute Gasteiger partial charge is 0.264 e. The number of rotatable bonds is 6. The van der Waals surface area contributed by atoms with Gasteiger partial charge in [-0.1, -0.05) is 0 Å². The molecule has 0 aliphatic carbocycles. The number of hydrogen-bond acceptors (Lipinski definition) is 4. The molecule has 1 amide bonds. The summed E-state index contributed by atoms with van der Waals surface area (Å²) >= 11 is 0. The molecule has 32 heavy (non-hydrogen) atoms. The second-order valence-corrected chi connectivity index (χ2v) is 9.38. The monoisotopic (exact) mass is 454 g/mol. The lowest BCUT2D eigenvalue weighted by atomic mass is 10.1. The molecule has 0 radical (unpaired) electrons. The summed E-state index contributed by atoms with van der Waals surface area (Å²) in [6, 6.07) is 16.5. The van der Waals surface area contributed by atoms with Crippen molar-refractivity contribution in [1.29, 1.82) is 0 Å². The molecule has 0 unspecified atom stereocenters. The fourth-order valence-electron chi connectivity index (χ4n) is 3.83. The number of carbonyl (C=O) groups excluding carboxylic acids is 1. The van der Waals surface area contributed by atoms with E-state index in [1.54, 1.807) is 49.4 Å². The second-order valence-electron chi connectivity index (χ2n) is 7.56. The van der Waals surface area contributed by atoms with Gasteiger partial charge in [-0.05, 0) is 92.6 Å². The summed E-state index contributed by atoms with van der Waals surface area (Å²) in [6.07, 6.45) is 0.472. The Morgan fingerprint density at radius 2 is 1.78 bits per heavy atom. The van der Waals surface area contributed by atoms with E-state index in [9.17, 15) is 17.6 Å². The molecule has 3 aromatic carbocycles. The number of amides is 1. The van der Waals surface area contributed by atoms with Crippen molar-refractivity contribution in [1.82, 2.24) is 0 Å². The Hall–Kier alpha value is -3.39. The average molecular weight is 455 g/mol. The number of ether oxygens (including phenoxy) is 1. The number of nitrogens with zero attached hydrogens (tertiary/aromatic N) is 1. The lowest BCUT2D eigenvalue weighted by Gasteiger charge is -2.24. The van der Waals surface area contributed by atoms with Crippen LogP contribution in [0.2, 0.25) is 0 Å². The van der Waals surface area contributed by atoms with Crippen molar-refractivity contribution >= 4 is 27.3 Å². The first-order chi connectivity index (χ1) is 15.3. The molecule has 0 aromatic heterocycles. The third-order valence-corrected chi connectivity index (χ3v) is 7.23. The number of benzene rings is 3. The van der Waals surface area contributed by atoms with Crippen molar-refractivity contribution in [3.63, 3.8) is 0 Å². The highest BCUT2D eigenvalue weighted by molar-refractivity contribution is 7.92. The van der Waals surface area contributed by atoms with Crippen LogP contribution in [-0.2, 0) is 16.4 Å². The molecule has 0 saturated carbocycles. The van der Waals surface area contributed by atoms with E-state index in [1.807, 2.05) is 6.92 Å². The molecule has 8 heteroatoms. The van der Waals surface area contributed by atoms with Gasteiger partial charge in [-0.25, -0.2) is 12.8 Å². The average Bonchev–Trinajstić information content (AvgIpc) is 3.11. The van der Waals surface area contributed by atoms with Crippen LogP contribution >= 0.6 is 0 Å². The van der Waals surface area contributed by atoms with E-state index in [0.717, 1.165) is 23.4 Å². The molecule has 1 aliphatic heterocycles. The molecule has 166 valence electrons. The standard InChI is InChI=1S/C24H23FN2O4S/c1-3-31-21-9-7-20(8-10-21)26-24(28)17-4-13-23-18(15-17)14-16(2)27(23)32(29,30)22-11-5-19(25)6-12-22/h4-13,15-16H,3,14H2,1-2H3,(H,26,28)/t16-/m1/s1. The van der Waals surface area contributed by atoms with Crippen LogP contribution < -0.4 is 14.4 Å². The molecule has 3 aromatic rings. The van der Waals surface area contributed by atoms with E-state index in [2.05, 4.69) is 5.32 Å². The van der Waals surface area contributed by atoms with E-state index >= 15 is 0 Å². The van der Waals surface area contributed by atoms with Gasteiger partial charge in [-0.15, -0.1) is 0 Å². The van der Waals surface area contributed by atoms with Crippen molar-refractivity contribution in [2.45, 2.75) is 31.2 Å². The van der Waals surface area contributed by atoms with Gasteiger partial charge in [-0.3, -0.25) is 9.10 Å². The number of hydrogen-bond donors (Lipinski definition) is 1. The SMILES string of the molecule is CCOc1ccc(NC(=O)c2ccc3c(c2)C[C@@H](C)N3S(=O)(=O)c2ccc(F)cc2)cc1. The second kappa shape index (κ2) is 8.63. The number of fused-ring (bicyclic) bond motifs is 1. The highest BCUT2D eigenvalue weighted by atomic mass is 32.2. The van der Waals surface area contributed by atoms with Crippen LogP contribution in [0.25, 0.3) is 0 Å². The summed E-state index contributed by atoms with van der Waals surface area (Å²) in [5.41, 5.74) is 2.36. The van der Waals surface area contributed by atoms with Gasteiger partial charge in [0.05, 0.1) is 17.2 Å². The molecular formula is C24H23FN2O4S. The van der Waals surface area contributed by atoms with Gasteiger partial charge in [-0.2, -0.15) is 0 Å². The zero-order valence-corrected chi connectivity index (χ0v) is 18.5. The molecule has 0 bridgehead atoms. The maximum absolute atomic E-state index is 13.2. The Morgan fingerprint density at radius 3 is 2.44 bits per heavy atom. The molecule has 0 fully saturated rings. The lowest BCUT2D eigenvalue weighted by Crippen LogP contribution is -2.35. The van der Waals surface area contributed by atoms with Crippen LogP contribution in [0.1, 0.15) is 29.8 Å². The van der Waals surface area contributed by atoms with Crippen molar-refractivity contribution in [2.24, 2.45) is 0 Å². The zero-order chi connectivity index (χ0) is 22.9. The first-order valence-electron chi connectivity index (χ1n) is 10.3. The maximum atomic E-state index is 13.2. The summed E-state index contributed by atoms with van der Waals surface area (Å²) in [7, 11) is -3.85. The number of sulfonamides is 1. The fourth-order valence-corrected chi connectivity index (χ4v) is 5.53. The maximum Gasteiger partial charge on any atom is 0.264 e. The van der Waals surface area contributed by atoms with Gasteiger partial charge in [0.1, 0.15) is 11.6 Å². The number of nitrogens with one attached hydrogen (secondary N) is 1. The minimum Gasteiger partial charge on any atom is -0.494 e. The third-order valence-electron chi connectivity index (χ3n) is 5.29. The quantitative estimate of drug-likeness (QED) is 0.590. The summed E-state index contributed by atoms with van der Waals surface area (Å²) in [5, 5.41) is 2.84. The molecule has 4 rings (SSSR count). The summed E-state index contributed by atoms with van der Waals surface area (Å²) in [4.78, 5) is 12.8. The number of halogens is 1. The molecular weight excluding hydrogens is 431 g/mol. The predicted octanol–water partition coefficient (Wildman–Crippen LogP) is 4.62. The summed E-state index contributed by atoms with van der Waals surface area (Å²) in [5.74, 6) is -0.0640. The van der Waals surface area contributed by atoms with E-state index in [0.29, 0.717) is 30.0 Å². The van der Waals surface area contributed by atoms with Gasteiger partial charge in [0.25, 0.3) is 15.9 Å². The van der Waals surface area contributed by atoms with Crippen molar-refractivity contribution in [3.8, 4) is 5.75 Å². The molecule has 0 saturated heterocycles. The Kier molecular flexibility index (Phi) is 5.88.